The molecule has 5 nitrogen and oxygen atoms in total. The Bertz CT molecular complexity index is 290. The van der Waals surface area contributed by atoms with Gasteiger partial charge in [0.1, 0.15) is 11.6 Å². The van der Waals surface area contributed by atoms with E-state index in [0.717, 1.165) is 18.9 Å². The van der Waals surface area contributed by atoms with Gasteiger partial charge in [0.15, 0.2) is 0 Å². The highest BCUT2D eigenvalue weighted by Gasteiger charge is 2.36. The van der Waals surface area contributed by atoms with Crippen molar-refractivity contribution in [3.05, 3.63) is 12.7 Å². The summed E-state index contributed by atoms with van der Waals surface area (Å²) in [5.41, 5.74) is 4.02. The highest BCUT2D eigenvalue weighted by molar-refractivity contribution is 5.88. The third-order valence-electron chi connectivity index (χ3n) is 2.53. The number of carbonyl (C=O) groups is 2. The van der Waals surface area contributed by atoms with Crippen molar-refractivity contribution in [3.63, 3.8) is 0 Å². The first kappa shape index (κ1) is 15.6. The molecule has 0 saturated carbocycles. The van der Waals surface area contributed by atoms with Gasteiger partial charge in [-0.05, 0) is 12.8 Å². The molecular formula is C12H21NO4. The number of hydrogen-bond acceptors (Lipinski definition) is 4. The van der Waals surface area contributed by atoms with Crippen LogP contribution in [0.4, 0.5) is 0 Å². The Morgan fingerprint density at radius 1 is 1.53 bits per heavy atom. The molecule has 0 aromatic carbocycles. The van der Waals surface area contributed by atoms with Crippen LogP contribution >= 0.6 is 0 Å². The fourth-order valence-electron chi connectivity index (χ4n) is 1.41. The van der Waals surface area contributed by atoms with Crippen LogP contribution in [-0.2, 0) is 14.3 Å². The second kappa shape index (κ2) is 7.06. The molecule has 98 valence electrons. The summed E-state index contributed by atoms with van der Waals surface area (Å²) in [6.07, 6.45) is 2.70. The minimum atomic E-state index is -1.65. The van der Waals surface area contributed by atoms with Gasteiger partial charge < -0.3 is 15.6 Å². The SMILES string of the molecule is C=CC(N)(CC(=O)O)C(=O)OC(CC)CCC. The summed E-state index contributed by atoms with van der Waals surface area (Å²) >= 11 is 0. The van der Waals surface area contributed by atoms with Crippen molar-refractivity contribution in [1.29, 1.82) is 0 Å². The van der Waals surface area contributed by atoms with Crippen LogP contribution in [0.15, 0.2) is 12.7 Å². The summed E-state index contributed by atoms with van der Waals surface area (Å²) in [5, 5.41) is 8.69. The van der Waals surface area contributed by atoms with Crippen LogP contribution in [0.2, 0.25) is 0 Å². The molecule has 0 heterocycles. The topological polar surface area (TPSA) is 89.6 Å². The molecule has 0 aromatic rings. The van der Waals surface area contributed by atoms with Crippen LogP contribution in [0.25, 0.3) is 0 Å². The van der Waals surface area contributed by atoms with Gasteiger partial charge >= 0.3 is 11.9 Å². The van der Waals surface area contributed by atoms with E-state index in [4.69, 9.17) is 15.6 Å². The quantitative estimate of drug-likeness (QED) is 0.497. The fourth-order valence-corrected chi connectivity index (χ4v) is 1.41. The van der Waals surface area contributed by atoms with Gasteiger partial charge in [0.05, 0.1) is 6.42 Å². The van der Waals surface area contributed by atoms with E-state index in [1.165, 1.54) is 0 Å². The lowest BCUT2D eigenvalue weighted by Crippen LogP contribution is -2.49. The molecule has 0 saturated heterocycles. The molecule has 0 amide bonds. The van der Waals surface area contributed by atoms with E-state index >= 15 is 0 Å². The van der Waals surface area contributed by atoms with Gasteiger partial charge in [-0.2, -0.15) is 0 Å². The predicted molar refractivity (Wildman–Crippen MR) is 64.4 cm³/mol. The molecule has 3 N–H and O–H groups in total. The van der Waals surface area contributed by atoms with E-state index in [-0.39, 0.29) is 6.10 Å². The lowest BCUT2D eigenvalue weighted by atomic mass is 9.97. The number of nitrogens with two attached hydrogens (primary N) is 1. The zero-order valence-corrected chi connectivity index (χ0v) is 10.4. The van der Waals surface area contributed by atoms with E-state index in [0.29, 0.717) is 6.42 Å². The molecule has 0 radical (unpaired) electrons. The molecule has 5 heteroatoms. The normalized spacial score (nSPS) is 15.7. The maximum absolute atomic E-state index is 11.8. The Labute approximate surface area is 102 Å². The van der Waals surface area contributed by atoms with Crippen molar-refractivity contribution in [2.45, 2.75) is 51.2 Å². The van der Waals surface area contributed by atoms with Gasteiger partial charge in [-0.25, -0.2) is 4.79 Å². The van der Waals surface area contributed by atoms with Gasteiger partial charge in [0, 0.05) is 0 Å². The van der Waals surface area contributed by atoms with Crippen molar-refractivity contribution < 1.29 is 19.4 Å². The molecule has 2 unspecified atom stereocenters. The van der Waals surface area contributed by atoms with Crippen LogP contribution in [0.1, 0.15) is 39.5 Å². The molecule has 17 heavy (non-hydrogen) atoms. The van der Waals surface area contributed by atoms with Gasteiger partial charge in [-0.1, -0.05) is 26.3 Å². The molecule has 0 bridgehead atoms. The summed E-state index contributed by atoms with van der Waals surface area (Å²) in [5.74, 6) is -1.89. The number of carboxylic acid groups (broad SMARTS) is 1. The highest BCUT2D eigenvalue weighted by atomic mass is 16.5. The van der Waals surface area contributed by atoms with Crippen LogP contribution in [0.5, 0.6) is 0 Å². The molecule has 0 aliphatic heterocycles. The van der Waals surface area contributed by atoms with Crippen molar-refractivity contribution in [2.24, 2.45) is 5.73 Å². The van der Waals surface area contributed by atoms with Crippen LogP contribution in [-0.4, -0.2) is 28.7 Å². The monoisotopic (exact) mass is 243 g/mol. The first-order valence-corrected chi connectivity index (χ1v) is 5.75. The van der Waals surface area contributed by atoms with Crippen molar-refractivity contribution in [3.8, 4) is 0 Å². The lowest BCUT2D eigenvalue weighted by molar-refractivity contribution is -0.157. The minimum absolute atomic E-state index is 0.218. The number of hydrogen-bond donors (Lipinski definition) is 2. The Hall–Kier alpha value is -1.36. The molecule has 0 aromatic heterocycles. The Kier molecular flexibility index (Phi) is 6.50. The number of ether oxygens (including phenoxy) is 1. The van der Waals surface area contributed by atoms with Gasteiger partial charge in [0.25, 0.3) is 0 Å². The summed E-state index contributed by atoms with van der Waals surface area (Å²) in [4.78, 5) is 22.4. The summed E-state index contributed by atoms with van der Waals surface area (Å²) in [6.45, 7) is 7.28. The van der Waals surface area contributed by atoms with E-state index in [1.807, 2.05) is 13.8 Å². The van der Waals surface area contributed by atoms with E-state index in [1.54, 1.807) is 0 Å². The average Bonchev–Trinajstić information content (AvgIpc) is 2.27. The first-order valence-electron chi connectivity index (χ1n) is 5.75. The van der Waals surface area contributed by atoms with E-state index in [9.17, 15) is 9.59 Å². The maximum atomic E-state index is 11.8. The zero-order valence-electron chi connectivity index (χ0n) is 10.4. The second-order valence-electron chi connectivity index (χ2n) is 4.04. The lowest BCUT2D eigenvalue weighted by Gasteiger charge is -2.25. The second-order valence-corrected chi connectivity index (χ2v) is 4.04. The molecule has 0 rings (SSSR count). The average molecular weight is 243 g/mol. The number of esters is 1. The Morgan fingerprint density at radius 3 is 2.47 bits per heavy atom. The minimum Gasteiger partial charge on any atom is -0.481 e. The fraction of sp³-hybridized carbons (Fsp3) is 0.667. The smallest absolute Gasteiger partial charge is 0.331 e. The van der Waals surface area contributed by atoms with Gasteiger partial charge in [0.2, 0.25) is 0 Å². The standard InChI is InChI=1S/C12H21NO4/c1-4-7-9(5-2)17-11(16)12(13,6-3)8-10(14)15/h6,9H,3-5,7-8,13H2,1-2H3,(H,14,15). The number of rotatable bonds is 8. The van der Waals surface area contributed by atoms with Gasteiger partial charge in [-0.3, -0.25) is 4.79 Å². The number of carbonyl (C=O) groups excluding carboxylic acids is 1. The third-order valence-corrected chi connectivity index (χ3v) is 2.53. The van der Waals surface area contributed by atoms with Gasteiger partial charge in [-0.15, -0.1) is 6.58 Å². The molecule has 0 aliphatic rings. The van der Waals surface area contributed by atoms with Crippen molar-refractivity contribution in [1.82, 2.24) is 0 Å². The van der Waals surface area contributed by atoms with Crippen LogP contribution in [0, 0.1) is 0 Å². The summed E-state index contributed by atoms with van der Waals surface area (Å²) in [6, 6.07) is 0. The third kappa shape index (κ3) is 4.99. The van der Waals surface area contributed by atoms with Crippen LogP contribution in [0.3, 0.4) is 0 Å². The Balaban J connectivity index is 4.63. The number of aliphatic carboxylic acids is 1. The molecule has 0 aliphatic carbocycles. The number of carboxylic acids is 1. The van der Waals surface area contributed by atoms with E-state index in [2.05, 4.69) is 6.58 Å². The summed E-state index contributed by atoms with van der Waals surface area (Å²) in [7, 11) is 0. The Morgan fingerprint density at radius 2 is 2.12 bits per heavy atom. The van der Waals surface area contributed by atoms with Crippen molar-refractivity contribution >= 4 is 11.9 Å². The highest BCUT2D eigenvalue weighted by Crippen LogP contribution is 2.15. The predicted octanol–water partition coefficient (Wildman–Crippen LogP) is 1.47. The molecular weight excluding hydrogens is 222 g/mol. The van der Waals surface area contributed by atoms with E-state index < -0.39 is 23.9 Å². The largest absolute Gasteiger partial charge is 0.481 e. The van der Waals surface area contributed by atoms with Crippen molar-refractivity contribution in [2.75, 3.05) is 0 Å². The summed E-state index contributed by atoms with van der Waals surface area (Å²) < 4.78 is 5.20. The molecule has 0 spiro atoms. The first-order chi connectivity index (χ1) is 7.89. The maximum Gasteiger partial charge on any atom is 0.331 e. The molecule has 2 atom stereocenters. The zero-order chi connectivity index (χ0) is 13.5. The molecule has 0 fully saturated rings. The van der Waals surface area contributed by atoms with Crippen LogP contribution < -0.4 is 5.73 Å².